The second kappa shape index (κ2) is 5.78. The molecule has 4 heteroatoms. The summed E-state index contributed by atoms with van der Waals surface area (Å²) >= 11 is 6.00. The molecular weight excluding hydrogens is 306 g/mol. The first-order valence-corrected chi connectivity index (χ1v) is 7.63. The summed E-state index contributed by atoms with van der Waals surface area (Å²) in [6.07, 6.45) is 1.73. The van der Waals surface area contributed by atoms with Gasteiger partial charge < -0.3 is 0 Å². The molecule has 0 N–H and O–H groups in total. The van der Waals surface area contributed by atoms with Crippen LogP contribution in [0.5, 0.6) is 0 Å². The van der Waals surface area contributed by atoms with Gasteiger partial charge in [-0.05, 0) is 24.3 Å². The van der Waals surface area contributed by atoms with Gasteiger partial charge in [-0.3, -0.25) is 0 Å². The fourth-order valence-corrected chi connectivity index (χ4v) is 2.63. The lowest BCUT2D eigenvalue weighted by atomic mass is 10.0. The molecule has 0 amide bonds. The number of pyridine rings is 1. The van der Waals surface area contributed by atoms with Crippen molar-refractivity contribution in [2.24, 2.45) is 0 Å². The topological polar surface area (TPSA) is 38.7 Å². The summed E-state index contributed by atoms with van der Waals surface area (Å²) < 4.78 is 0. The van der Waals surface area contributed by atoms with E-state index in [9.17, 15) is 0 Å². The fraction of sp³-hybridized carbons (Fsp3) is 0. The number of halogens is 1. The molecule has 0 saturated heterocycles. The molecule has 0 atom stereocenters. The highest BCUT2D eigenvalue weighted by Gasteiger charge is 2.13. The van der Waals surface area contributed by atoms with Gasteiger partial charge in [-0.1, -0.05) is 54.1 Å². The van der Waals surface area contributed by atoms with E-state index in [-0.39, 0.29) is 0 Å². The Morgan fingerprint density at radius 2 is 1.35 bits per heavy atom. The minimum atomic E-state index is 0.636. The minimum absolute atomic E-state index is 0.636. The highest BCUT2D eigenvalue weighted by atomic mass is 35.5. The van der Waals surface area contributed by atoms with E-state index in [4.69, 9.17) is 21.6 Å². The van der Waals surface area contributed by atoms with Crippen LogP contribution in [0, 0.1) is 0 Å². The predicted molar refractivity (Wildman–Crippen MR) is 93.2 cm³/mol. The van der Waals surface area contributed by atoms with E-state index in [1.165, 1.54) is 0 Å². The molecule has 4 rings (SSSR count). The van der Waals surface area contributed by atoms with E-state index in [0.29, 0.717) is 10.7 Å². The quantitative estimate of drug-likeness (QED) is 0.521. The summed E-state index contributed by atoms with van der Waals surface area (Å²) in [6, 6.07) is 21.5. The Morgan fingerprint density at radius 1 is 0.652 bits per heavy atom. The molecule has 3 nitrogen and oxygen atoms in total. The maximum absolute atomic E-state index is 6.00. The van der Waals surface area contributed by atoms with Crippen molar-refractivity contribution in [2.75, 3.05) is 0 Å². The molecule has 0 fully saturated rings. The summed E-state index contributed by atoms with van der Waals surface area (Å²) in [5.41, 5.74) is 5.05. The lowest BCUT2D eigenvalue weighted by Crippen LogP contribution is -1.96. The van der Waals surface area contributed by atoms with E-state index in [2.05, 4.69) is 4.98 Å². The van der Waals surface area contributed by atoms with Gasteiger partial charge in [-0.2, -0.15) is 0 Å². The lowest BCUT2D eigenvalue weighted by molar-refractivity contribution is 1.23. The Hall–Kier alpha value is -2.78. The van der Waals surface area contributed by atoms with Gasteiger partial charge in [0.25, 0.3) is 0 Å². The molecule has 0 aliphatic rings. The maximum Gasteiger partial charge on any atom is 0.178 e. The van der Waals surface area contributed by atoms with Gasteiger partial charge in [0.1, 0.15) is 5.52 Å². The molecule has 0 saturated carbocycles. The average Bonchev–Trinajstić information content (AvgIpc) is 2.62. The second-order valence-electron chi connectivity index (χ2n) is 5.14. The van der Waals surface area contributed by atoms with Crippen LogP contribution in [0.1, 0.15) is 0 Å². The molecular formula is C19H12ClN3. The molecule has 0 aliphatic carbocycles. The summed E-state index contributed by atoms with van der Waals surface area (Å²) in [5.74, 6) is 0. The highest BCUT2D eigenvalue weighted by Crippen LogP contribution is 2.30. The van der Waals surface area contributed by atoms with E-state index in [1.807, 2.05) is 66.7 Å². The van der Waals surface area contributed by atoms with Gasteiger partial charge in [0.2, 0.25) is 0 Å². The largest absolute Gasteiger partial charge is 0.242 e. The number of aromatic nitrogens is 3. The Morgan fingerprint density at radius 3 is 2.13 bits per heavy atom. The minimum Gasteiger partial charge on any atom is -0.242 e. The van der Waals surface area contributed by atoms with Crippen LogP contribution in [0.15, 0.2) is 72.9 Å². The molecule has 0 unspecified atom stereocenters. The van der Waals surface area contributed by atoms with Crippen molar-refractivity contribution in [1.29, 1.82) is 0 Å². The van der Waals surface area contributed by atoms with E-state index < -0.39 is 0 Å². The molecule has 110 valence electrons. The SMILES string of the molecule is Clc1ccc(-c2nc3ncccc3nc2-c2ccccc2)cc1. The molecule has 0 aliphatic heterocycles. The standard InChI is InChI=1S/C19H12ClN3/c20-15-10-8-14(9-11-15)18-17(13-5-2-1-3-6-13)22-16-7-4-12-21-19(16)23-18/h1-12H. The van der Waals surface area contributed by atoms with Crippen LogP contribution in [0.25, 0.3) is 33.7 Å². The first kappa shape index (κ1) is 13.9. The Labute approximate surface area is 138 Å². The number of hydrogen-bond donors (Lipinski definition) is 0. The molecule has 4 aromatic rings. The average molecular weight is 318 g/mol. The second-order valence-corrected chi connectivity index (χ2v) is 5.58. The number of rotatable bonds is 2. The van der Waals surface area contributed by atoms with E-state index >= 15 is 0 Å². The van der Waals surface area contributed by atoms with E-state index in [0.717, 1.165) is 28.0 Å². The summed E-state index contributed by atoms with van der Waals surface area (Å²) in [7, 11) is 0. The van der Waals surface area contributed by atoms with E-state index in [1.54, 1.807) is 6.20 Å². The third-order valence-corrected chi connectivity index (χ3v) is 3.86. The molecule has 2 aromatic carbocycles. The van der Waals surface area contributed by atoms with Crippen molar-refractivity contribution in [3.8, 4) is 22.5 Å². The number of hydrogen-bond acceptors (Lipinski definition) is 3. The number of fused-ring (bicyclic) bond motifs is 1. The van der Waals surface area contributed by atoms with Crippen molar-refractivity contribution in [3.05, 3.63) is 77.9 Å². The molecule has 23 heavy (non-hydrogen) atoms. The van der Waals surface area contributed by atoms with Crippen LogP contribution in [0.3, 0.4) is 0 Å². The summed E-state index contributed by atoms with van der Waals surface area (Å²) in [4.78, 5) is 13.8. The first-order chi connectivity index (χ1) is 11.3. The zero-order valence-corrected chi connectivity index (χ0v) is 12.9. The lowest BCUT2D eigenvalue weighted by Gasteiger charge is -2.10. The van der Waals surface area contributed by atoms with Crippen molar-refractivity contribution in [2.45, 2.75) is 0 Å². The van der Waals surface area contributed by atoms with Gasteiger partial charge in [0.05, 0.1) is 11.4 Å². The van der Waals surface area contributed by atoms with Gasteiger partial charge in [-0.15, -0.1) is 0 Å². The van der Waals surface area contributed by atoms with Crippen LogP contribution in [0.4, 0.5) is 0 Å². The van der Waals surface area contributed by atoms with Crippen LogP contribution >= 0.6 is 11.6 Å². The third-order valence-electron chi connectivity index (χ3n) is 3.61. The zero-order valence-electron chi connectivity index (χ0n) is 12.1. The molecule has 0 bridgehead atoms. The van der Waals surface area contributed by atoms with Crippen molar-refractivity contribution in [1.82, 2.24) is 15.0 Å². The Kier molecular flexibility index (Phi) is 3.48. The summed E-state index contributed by atoms with van der Waals surface area (Å²) in [5, 5.41) is 0.696. The van der Waals surface area contributed by atoms with Gasteiger partial charge in [0, 0.05) is 22.3 Å². The van der Waals surface area contributed by atoms with Crippen molar-refractivity contribution < 1.29 is 0 Å². The maximum atomic E-state index is 6.00. The number of nitrogens with zero attached hydrogens (tertiary/aromatic N) is 3. The van der Waals surface area contributed by atoms with Crippen LogP contribution in [-0.2, 0) is 0 Å². The Bertz CT molecular complexity index is 967. The van der Waals surface area contributed by atoms with Gasteiger partial charge >= 0.3 is 0 Å². The van der Waals surface area contributed by atoms with Crippen molar-refractivity contribution >= 4 is 22.8 Å². The normalized spacial score (nSPS) is 10.8. The van der Waals surface area contributed by atoms with Crippen LogP contribution in [-0.4, -0.2) is 15.0 Å². The molecule has 0 spiro atoms. The fourth-order valence-electron chi connectivity index (χ4n) is 2.50. The molecule has 0 radical (unpaired) electrons. The molecule has 2 heterocycles. The van der Waals surface area contributed by atoms with Crippen LogP contribution < -0.4 is 0 Å². The monoisotopic (exact) mass is 317 g/mol. The third kappa shape index (κ3) is 2.67. The van der Waals surface area contributed by atoms with Gasteiger partial charge in [-0.25, -0.2) is 15.0 Å². The smallest absolute Gasteiger partial charge is 0.178 e. The van der Waals surface area contributed by atoms with Crippen LogP contribution in [0.2, 0.25) is 5.02 Å². The molecule has 2 aromatic heterocycles. The highest BCUT2D eigenvalue weighted by molar-refractivity contribution is 6.30. The van der Waals surface area contributed by atoms with Crippen molar-refractivity contribution in [3.63, 3.8) is 0 Å². The number of benzene rings is 2. The Balaban J connectivity index is 2.02. The predicted octanol–water partition coefficient (Wildman–Crippen LogP) is 5.01. The zero-order chi connectivity index (χ0) is 15.6. The summed E-state index contributed by atoms with van der Waals surface area (Å²) in [6.45, 7) is 0. The first-order valence-electron chi connectivity index (χ1n) is 7.25. The van der Waals surface area contributed by atoms with Gasteiger partial charge in [0.15, 0.2) is 5.65 Å².